The second kappa shape index (κ2) is 8.53. The summed E-state index contributed by atoms with van der Waals surface area (Å²) in [6, 6.07) is 12.3. The number of carbonyl (C=O) groups is 2. The molecule has 0 atom stereocenters. The number of rotatable bonds is 6. The number of amides is 2. The largest absolute Gasteiger partial charge is 0.494 e. The van der Waals surface area contributed by atoms with Crippen LogP contribution in [0, 0.1) is 6.92 Å². The molecule has 0 saturated carbocycles. The normalized spacial score (nSPS) is 10.2. The lowest BCUT2D eigenvalue weighted by molar-refractivity contribution is -0.120. The van der Waals surface area contributed by atoms with E-state index in [2.05, 4.69) is 5.32 Å². The van der Waals surface area contributed by atoms with Crippen molar-refractivity contribution in [1.82, 2.24) is 0 Å². The van der Waals surface area contributed by atoms with Crippen molar-refractivity contribution >= 4 is 34.8 Å². The predicted molar refractivity (Wildman–Crippen MR) is 100 cm³/mol. The molecule has 2 aromatic rings. The minimum absolute atomic E-state index is 0.0935. The number of hydrogen-bond donors (Lipinski definition) is 1. The van der Waals surface area contributed by atoms with Crippen LogP contribution in [0.15, 0.2) is 42.5 Å². The van der Waals surface area contributed by atoms with E-state index in [1.54, 1.807) is 36.4 Å². The summed E-state index contributed by atoms with van der Waals surface area (Å²) in [4.78, 5) is 25.7. The third kappa shape index (κ3) is 5.22. The average Bonchev–Trinajstić information content (AvgIpc) is 2.57. The van der Waals surface area contributed by atoms with Gasteiger partial charge in [-0.05, 0) is 55.8 Å². The van der Waals surface area contributed by atoms with Crippen LogP contribution >= 0.6 is 11.6 Å². The molecule has 0 fully saturated rings. The average molecular weight is 361 g/mol. The van der Waals surface area contributed by atoms with E-state index in [9.17, 15) is 9.59 Å². The molecular weight excluding hydrogens is 340 g/mol. The van der Waals surface area contributed by atoms with Crippen molar-refractivity contribution in [1.29, 1.82) is 0 Å². The van der Waals surface area contributed by atoms with E-state index in [4.69, 9.17) is 16.3 Å². The van der Waals surface area contributed by atoms with E-state index >= 15 is 0 Å². The molecule has 1 N–H and O–H groups in total. The Morgan fingerprint density at radius 2 is 1.84 bits per heavy atom. The van der Waals surface area contributed by atoms with Crippen molar-refractivity contribution in [2.75, 3.05) is 23.4 Å². The summed E-state index contributed by atoms with van der Waals surface area (Å²) in [6.45, 7) is 5.68. The predicted octanol–water partition coefficient (Wildman–Crippen LogP) is 4.04. The fourth-order valence-corrected chi connectivity index (χ4v) is 2.55. The van der Waals surface area contributed by atoms with Gasteiger partial charge in [0.2, 0.25) is 11.8 Å². The number of hydrogen-bond acceptors (Lipinski definition) is 3. The Kier molecular flexibility index (Phi) is 6.42. The first-order valence-corrected chi connectivity index (χ1v) is 8.35. The van der Waals surface area contributed by atoms with E-state index in [0.717, 1.165) is 11.3 Å². The lowest BCUT2D eigenvalue weighted by atomic mass is 10.1. The van der Waals surface area contributed by atoms with Crippen molar-refractivity contribution in [3.8, 4) is 5.75 Å². The molecule has 5 nitrogen and oxygen atoms in total. The monoisotopic (exact) mass is 360 g/mol. The maximum atomic E-state index is 12.3. The van der Waals surface area contributed by atoms with Gasteiger partial charge in [0, 0.05) is 23.3 Å². The molecule has 6 heteroatoms. The Bertz CT molecular complexity index is 760. The van der Waals surface area contributed by atoms with Gasteiger partial charge in [-0.15, -0.1) is 0 Å². The lowest BCUT2D eigenvalue weighted by Crippen LogP contribution is -2.37. The summed E-state index contributed by atoms with van der Waals surface area (Å²) < 4.78 is 5.37. The van der Waals surface area contributed by atoms with E-state index in [0.29, 0.717) is 23.0 Å². The lowest BCUT2D eigenvalue weighted by Gasteiger charge is -2.23. The van der Waals surface area contributed by atoms with Gasteiger partial charge in [-0.3, -0.25) is 9.59 Å². The fourth-order valence-electron chi connectivity index (χ4n) is 2.38. The Hall–Kier alpha value is -2.53. The van der Waals surface area contributed by atoms with Gasteiger partial charge in [-0.1, -0.05) is 17.7 Å². The third-order valence-corrected chi connectivity index (χ3v) is 3.83. The second-order valence-electron chi connectivity index (χ2n) is 5.54. The molecule has 0 bridgehead atoms. The second-order valence-corrected chi connectivity index (χ2v) is 5.98. The van der Waals surface area contributed by atoms with Gasteiger partial charge in [-0.25, -0.2) is 0 Å². The molecule has 0 aromatic heterocycles. The Morgan fingerprint density at radius 1 is 1.16 bits per heavy atom. The van der Waals surface area contributed by atoms with Crippen molar-refractivity contribution < 1.29 is 14.3 Å². The van der Waals surface area contributed by atoms with Crippen LogP contribution in [-0.4, -0.2) is 25.0 Å². The molecular formula is C19H21ClN2O3. The van der Waals surface area contributed by atoms with E-state index in [-0.39, 0.29) is 18.4 Å². The molecule has 0 radical (unpaired) electrons. The van der Waals surface area contributed by atoms with E-state index in [1.165, 1.54) is 11.8 Å². The Morgan fingerprint density at radius 3 is 2.44 bits per heavy atom. The number of anilines is 2. The Balaban J connectivity index is 2.10. The van der Waals surface area contributed by atoms with Crippen molar-refractivity contribution in [2.45, 2.75) is 20.8 Å². The van der Waals surface area contributed by atoms with E-state index in [1.807, 2.05) is 19.9 Å². The fraction of sp³-hybridized carbons (Fsp3) is 0.263. The Labute approximate surface area is 152 Å². The molecule has 0 aliphatic heterocycles. The molecule has 0 spiro atoms. The van der Waals surface area contributed by atoms with Crippen LogP contribution in [0.2, 0.25) is 5.02 Å². The third-order valence-electron chi connectivity index (χ3n) is 3.59. The minimum Gasteiger partial charge on any atom is -0.494 e. The van der Waals surface area contributed by atoms with Crippen molar-refractivity contribution in [3.05, 3.63) is 53.1 Å². The zero-order valence-electron chi connectivity index (χ0n) is 14.5. The number of nitrogens with zero attached hydrogens (tertiary/aromatic N) is 1. The first kappa shape index (κ1) is 18.8. The van der Waals surface area contributed by atoms with Gasteiger partial charge in [0.05, 0.1) is 6.61 Å². The summed E-state index contributed by atoms with van der Waals surface area (Å²) >= 11 is 6.02. The highest BCUT2D eigenvalue weighted by Gasteiger charge is 2.18. The molecule has 0 saturated heterocycles. The van der Waals surface area contributed by atoms with Crippen LogP contribution in [0.3, 0.4) is 0 Å². The summed E-state index contributed by atoms with van der Waals surface area (Å²) in [5.41, 5.74) is 2.13. The highest BCUT2D eigenvalue weighted by Crippen LogP contribution is 2.24. The molecule has 2 aromatic carbocycles. The standard InChI is InChI=1S/C19H21ClN2O3/c1-4-25-17-9-7-16(8-10-17)21-19(24)12-22(14(3)23)18-11-15(20)6-5-13(18)2/h5-11H,4,12H2,1-3H3,(H,21,24). The maximum absolute atomic E-state index is 12.3. The van der Waals surface area contributed by atoms with Crippen LogP contribution in [0.25, 0.3) is 0 Å². The smallest absolute Gasteiger partial charge is 0.244 e. The number of benzene rings is 2. The molecule has 2 rings (SSSR count). The number of ether oxygens (including phenoxy) is 1. The van der Waals surface area contributed by atoms with Gasteiger partial charge < -0.3 is 15.0 Å². The van der Waals surface area contributed by atoms with Crippen molar-refractivity contribution in [2.24, 2.45) is 0 Å². The van der Waals surface area contributed by atoms with Crippen molar-refractivity contribution in [3.63, 3.8) is 0 Å². The zero-order chi connectivity index (χ0) is 18.4. The molecule has 0 heterocycles. The summed E-state index contributed by atoms with van der Waals surface area (Å²) in [5, 5.41) is 3.29. The molecule has 2 amide bonds. The summed E-state index contributed by atoms with van der Waals surface area (Å²) in [5.74, 6) is 0.214. The summed E-state index contributed by atoms with van der Waals surface area (Å²) in [6.07, 6.45) is 0. The van der Waals surface area contributed by atoms with Gasteiger partial charge in [0.1, 0.15) is 12.3 Å². The number of carbonyl (C=O) groups excluding carboxylic acids is 2. The van der Waals surface area contributed by atoms with Gasteiger partial charge >= 0.3 is 0 Å². The number of aryl methyl sites for hydroxylation is 1. The molecule has 132 valence electrons. The highest BCUT2D eigenvalue weighted by atomic mass is 35.5. The molecule has 25 heavy (non-hydrogen) atoms. The number of halogens is 1. The summed E-state index contributed by atoms with van der Waals surface area (Å²) in [7, 11) is 0. The molecule has 0 aliphatic carbocycles. The maximum Gasteiger partial charge on any atom is 0.244 e. The van der Waals surface area contributed by atoms with Crippen LogP contribution in [-0.2, 0) is 9.59 Å². The van der Waals surface area contributed by atoms with Crippen LogP contribution in [0.5, 0.6) is 5.75 Å². The quantitative estimate of drug-likeness (QED) is 0.845. The van der Waals surface area contributed by atoms with E-state index < -0.39 is 0 Å². The topological polar surface area (TPSA) is 58.6 Å². The minimum atomic E-state index is -0.293. The van der Waals surface area contributed by atoms with Crippen LogP contribution < -0.4 is 15.0 Å². The first-order valence-electron chi connectivity index (χ1n) is 7.97. The van der Waals surface area contributed by atoms with Crippen LogP contribution in [0.4, 0.5) is 11.4 Å². The van der Waals surface area contributed by atoms with Gasteiger partial charge in [-0.2, -0.15) is 0 Å². The van der Waals surface area contributed by atoms with Crippen LogP contribution in [0.1, 0.15) is 19.4 Å². The zero-order valence-corrected chi connectivity index (χ0v) is 15.3. The SMILES string of the molecule is CCOc1ccc(NC(=O)CN(C(C)=O)c2cc(Cl)ccc2C)cc1. The molecule has 0 aliphatic rings. The number of nitrogens with one attached hydrogen (secondary N) is 1. The molecule has 0 unspecified atom stereocenters. The first-order chi connectivity index (χ1) is 11.9. The van der Waals surface area contributed by atoms with Gasteiger partial charge in [0.15, 0.2) is 0 Å². The highest BCUT2D eigenvalue weighted by molar-refractivity contribution is 6.31. The van der Waals surface area contributed by atoms with Gasteiger partial charge in [0.25, 0.3) is 0 Å².